The van der Waals surface area contributed by atoms with Gasteiger partial charge in [-0.05, 0) is 19.3 Å². The Morgan fingerprint density at radius 1 is 0.585 bits per heavy atom. The molecule has 2 aliphatic heterocycles. The smallest absolute Gasteiger partial charge is 0.306 e. The van der Waals surface area contributed by atoms with Crippen LogP contribution in [0.25, 0.3) is 0 Å². The van der Waals surface area contributed by atoms with Crippen molar-refractivity contribution in [1.82, 2.24) is 0 Å². The van der Waals surface area contributed by atoms with E-state index >= 15 is 0 Å². The number of carbonyl (C=O) groups is 1. The van der Waals surface area contributed by atoms with Gasteiger partial charge in [0.05, 0.1) is 26.4 Å². The highest BCUT2D eigenvalue weighted by atomic mass is 16.7. The standard InChI is InChI=1S/C38H72O15/c1-3-5-7-9-10-11-12-13-14-15-16-17-19-21-30(41)51-26(23-48-29(40)20-18-8-6-4-2)24-49-37-36(47)34(45)32(43)28(53-37)25-50-38-35(46)33(44)31(42)27(22-39)52-38/h26-29,31-40,42-47H,3-25H2,1-2H3/t26-,27-,28-,29?,31+,32+,33+,34+,35-,36-,37-,38+/m1/s1. The number of carbonyl (C=O) groups excluding carboxylic acids is 1. The van der Waals surface area contributed by atoms with Gasteiger partial charge in [0.15, 0.2) is 18.9 Å². The molecule has 2 heterocycles. The first-order valence-corrected chi connectivity index (χ1v) is 20.3. The lowest BCUT2D eigenvalue weighted by Gasteiger charge is -2.42. The van der Waals surface area contributed by atoms with Crippen LogP contribution in [-0.2, 0) is 33.2 Å². The van der Waals surface area contributed by atoms with Crippen LogP contribution in [0, 0.1) is 0 Å². The molecule has 0 bridgehead atoms. The van der Waals surface area contributed by atoms with Crippen molar-refractivity contribution in [1.29, 1.82) is 0 Å². The van der Waals surface area contributed by atoms with Crippen molar-refractivity contribution in [3.63, 3.8) is 0 Å². The molecule has 1 unspecified atom stereocenters. The number of rotatable bonds is 30. The lowest BCUT2D eigenvalue weighted by Crippen LogP contribution is -2.61. The summed E-state index contributed by atoms with van der Waals surface area (Å²) in [7, 11) is 0. The van der Waals surface area contributed by atoms with Crippen LogP contribution in [0.2, 0.25) is 0 Å². The molecule has 0 aromatic rings. The number of unbranched alkanes of at least 4 members (excludes halogenated alkanes) is 15. The lowest BCUT2D eigenvalue weighted by molar-refractivity contribution is -0.333. The summed E-state index contributed by atoms with van der Waals surface area (Å²) in [6, 6.07) is 0. The first-order chi connectivity index (χ1) is 25.5. The van der Waals surface area contributed by atoms with Gasteiger partial charge in [-0.3, -0.25) is 4.79 Å². The molecule has 2 rings (SSSR count). The van der Waals surface area contributed by atoms with Crippen molar-refractivity contribution >= 4 is 5.97 Å². The van der Waals surface area contributed by atoms with Crippen molar-refractivity contribution in [2.75, 3.05) is 26.4 Å². The number of ether oxygens (including phenoxy) is 6. The first kappa shape index (κ1) is 48.1. The number of esters is 1. The number of aliphatic hydroxyl groups excluding tert-OH is 8. The summed E-state index contributed by atoms with van der Waals surface area (Å²) in [6.07, 6.45) is 2.00. The van der Waals surface area contributed by atoms with Crippen molar-refractivity contribution in [3.8, 4) is 0 Å². The fraction of sp³-hybridized carbons (Fsp3) is 0.974. The zero-order valence-corrected chi connectivity index (χ0v) is 32.1. The van der Waals surface area contributed by atoms with Gasteiger partial charge in [0.2, 0.25) is 0 Å². The Hall–Kier alpha value is -1.05. The maximum atomic E-state index is 12.8. The maximum absolute atomic E-state index is 12.8. The predicted molar refractivity (Wildman–Crippen MR) is 193 cm³/mol. The zero-order valence-electron chi connectivity index (χ0n) is 32.1. The molecule has 0 spiro atoms. The second kappa shape index (κ2) is 28.4. The Balaban J connectivity index is 1.85. The Morgan fingerprint density at radius 2 is 1.06 bits per heavy atom. The van der Waals surface area contributed by atoms with Crippen LogP contribution in [-0.4, -0.2) is 147 Å². The molecule has 2 aliphatic rings. The third kappa shape index (κ3) is 18.6. The number of hydrogen-bond donors (Lipinski definition) is 8. The van der Waals surface area contributed by atoms with Gasteiger partial charge in [0.1, 0.15) is 54.9 Å². The quantitative estimate of drug-likeness (QED) is 0.0298. The Morgan fingerprint density at radius 3 is 1.60 bits per heavy atom. The molecule has 0 aromatic heterocycles. The molecule has 15 heteroatoms. The van der Waals surface area contributed by atoms with E-state index in [1.54, 1.807) is 0 Å². The van der Waals surface area contributed by atoms with Gasteiger partial charge in [0.25, 0.3) is 0 Å². The zero-order chi connectivity index (χ0) is 39.0. The van der Waals surface area contributed by atoms with Crippen LogP contribution in [0.3, 0.4) is 0 Å². The van der Waals surface area contributed by atoms with Crippen LogP contribution < -0.4 is 0 Å². The summed E-state index contributed by atoms with van der Waals surface area (Å²) in [5.74, 6) is -0.464. The second-order valence-electron chi connectivity index (χ2n) is 14.6. The van der Waals surface area contributed by atoms with E-state index in [0.29, 0.717) is 12.8 Å². The molecule has 8 N–H and O–H groups in total. The van der Waals surface area contributed by atoms with Crippen molar-refractivity contribution < 1.29 is 74.1 Å². The minimum atomic E-state index is -1.74. The molecule has 12 atom stereocenters. The number of hydrogen-bond acceptors (Lipinski definition) is 15. The molecule has 0 amide bonds. The summed E-state index contributed by atoms with van der Waals surface area (Å²) >= 11 is 0. The van der Waals surface area contributed by atoms with E-state index in [1.165, 1.54) is 57.8 Å². The molecular weight excluding hydrogens is 696 g/mol. The molecule has 0 radical (unpaired) electrons. The summed E-state index contributed by atoms with van der Waals surface area (Å²) in [5, 5.41) is 81.8. The van der Waals surface area contributed by atoms with Gasteiger partial charge in [0, 0.05) is 6.42 Å². The lowest BCUT2D eigenvalue weighted by atomic mass is 9.98. The van der Waals surface area contributed by atoms with Gasteiger partial charge >= 0.3 is 5.97 Å². The molecular formula is C38H72O15. The summed E-state index contributed by atoms with van der Waals surface area (Å²) in [4.78, 5) is 12.8. The summed E-state index contributed by atoms with van der Waals surface area (Å²) < 4.78 is 33.4. The van der Waals surface area contributed by atoms with E-state index in [0.717, 1.165) is 44.9 Å². The predicted octanol–water partition coefficient (Wildman–Crippen LogP) is 2.33. The summed E-state index contributed by atoms with van der Waals surface area (Å²) in [5.41, 5.74) is 0. The number of aliphatic hydroxyl groups is 8. The average molecular weight is 769 g/mol. The maximum Gasteiger partial charge on any atom is 0.306 e. The highest BCUT2D eigenvalue weighted by Crippen LogP contribution is 2.26. The molecule has 53 heavy (non-hydrogen) atoms. The molecule has 0 saturated carbocycles. The van der Waals surface area contributed by atoms with E-state index < -0.39 is 93.0 Å². The summed E-state index contributed by atoms with van der Waals surface area (Å²) in [6.45, 7) is 2.60. The van der Waals surface area contributed by atoms with E-state index in [-0.39, 0.29) is 19.6 Å². The van der Waals surface area contributed by atoms with Crippen LogP contribution in [0.15, 0.2) is 0 Å². The SMILES string of the molecule is CCCCCCCCCCCCCCCC(=O)O[C@H](COC(O)CCCCCC)CO[C@@H]1O[C@H](CO[C@H]2O[C@H](CO)[C@H](O)[C@H](O)[C@H]2O)[C@H](O)[C@H](O)[C@H]1O. The first-order valence-electron chi connectivity index (χ1n) is 20.3. The minimum Gasteiger partial charge on any atom is -0.457 e. The topological polar surface area (TPSA) is 234 Å². The Kier molecular flexibility index (Phi) is 25.7. The van der Waals surface area contributed by atoms with Crippen LogP contribution >= 0.6 is 0 Å². The van der Waals surface area contributed by atoms with Crippen LogP contribution in [0.1, 0.15) is 136 Å². The van der Waals surface area contributed by atoms with E-state index in [9.17, 15) is 45.6 Å². The molecule has 2 saturated heterocycles. The molecule has 2 fully saturated rings. The Bertz CT molecular complexity index is 913. The average Bonchev–Trinajstić information content (AvgIpc) is 3.15. The monoisotopic (exact) mass is 768 g/mol. The largest absolute Gasteiger partial charge is 0.457 e. The van der Waals surface area contributed by atoms with Crippen LogP contribution in [0.4, 0.5) is 0 Å². The fourth-order valence-corrected chi connectivity index (χ4v) is 6.48. The van der Waals surface area contributed by atoms with Gasteiger partial charge in [-0.1, -0.05) is 110 Å². The van der Waals surface area contributed by atoms with Gasteiger partial charge < -0.3 is 69.3 Å². The van der Waals surface area contributed by atoms with Gasteiger partial charge in [-0.25, -0.2) is 0 Å². The molecule has 0 aliphatic carbocycles. The molecule has 314 valence electrons. The van der Waals surface area contributed by atoms with Crippen molar-refractivity contribution in [2.24, 2.45) is 0 Å². The third-order valence-corrected chi connectivity index (χ3v) is 9.95. The third-order valence-electron chi connectivity index (χ3n) is 9.95. The van der Waals surface area contributed by atoms with E-state index in [4.69, 9.17) is 28.4 Å². The second-order valence-corrected chi connectivity index (χ2v) is 14.6. The van der Waals surface area contributed by atoms with Crippen molar-refractivity contribution in [3.05, 3.63) is 0 Å². The van der Waals surface area contributed by atoms with Gasteiger partial charge in [-0.2, -0.15) is 0 Å². The minimum absolute atomic E-state index is 0.193. The van der Waals surface area contributed by atoms with Crippen LogP contribution in [0.5, 0.6) is 0 Å². The van der Waals surface area contributed by atoms with E-state index in [2.05, 4.69) is 13.8 Å². The fourth-order valence-electron chi connectivity index (χ4n) is 6.48. The highest BCUT2D eigenvalue weighted by molar-refractivity contribution is 5.69. The molecule has 0 aromatic carbocycles. The highest BCUT2D eigenvalue weighted by Gasteiger charge is 2.47. The van der Waals surface area contributed by atoms with E-state index in [1.807, 2.05) is 0 Å². The van der Waals surface area contributed by atoms with Crippen molar-refractivity contribution in [2.45, 2.75) is 210 Å². The van der Waals surface area contributed by atoms with Gasteiger partial charge in [-0.15, -0.1) is 0 Å². The normalized spacial score (nSPS) is 30.3. The molecule has 15 nitrogen and oxygen atoms in total. The Labute approximate surface area is 315 Å².